The predicted molar refractivity (Wildman–Crippen MR) is 79.1 cm³/mol. The van der Waals surface area contributed by atoms with Gasteiger partial charge in [0.15, 0.2) is 5.66 Å². The maximum atomic E-state index is 11.9. The van der Waals surface area contributed by atoms with Crippen LogP contribution in [0.3, 0.4) is 0 Å². The van der Waals surface area contributed by atoms with E-state index in [9.17, 15) is 24.6 Å². The van der Waals surface area contributed by atoms with E-state index >= 15 is 0 Å². The molecular weight excluding hydrogens is 296 g/mol. The quantitative estimate of drug-likeness (QED) is 0.555. The number of likely N-dealkylation sites (tertiary alicyclic amines) is 1. The minimum atomic E-state index is -1.67. The Labute approximate surface area is 127 Å². The summed E-state index contributed by atoms with van der Waals surface area (Å²) in [5.41, 5.74) is -1.67. The Morgan fingerprint density at radius 3 is 2.62 bits per heavy atom. The van der Waals surface area contributed by atoms with Gasteiger partial charge in [-0.2, -0.15) is 11.8 Å². The molecule has 2 atom stereocenters. The number of hydrogen-bond donors (Lipinski definition) is 3. The zero-order valence-electron chi connectivity index (χ0n) is 11.9. The zero-order chi connectivity index (χ0) is 16.0. The Morgan fingerprint density at radius 1 is 1.48 bits per heavy atom. The molecule has 0 spiro atoms. The Bertz CT molecular complexity index is 442. The van der Waals surface area contributed by atoms with Crippen molar-refractivity contribution in [2.45, 2.75) is 31.0 Å². The maximum absolute atomic E-state index is 11.9. The third-order valence-electron chi connectivity index (χ3n) is 3.50. The molecule has 1 rings (SSSR count). The highest BCUT2D eigenvalue weighted by Crippen LogP contribution is 2.28. The summed E-state index contributed by atoms with van der Waals surface area (Å²) in [6.07, 6.45) is 3.83. The highest BCUT2D eigenvalue weighted by Gasteiger charge is 2.51. The van der Waals surface area contributed by atoms with Gasteiger partial charge >= 0.3 is 11.9 Å². The SMILES string of the molecule is C=CC(=O)N1CCC[C@]1(N[C@@H](CCSC)C(=O)O)C(=O)O. The minimum Gasteiger partial charge on any atom is -0.480 e. The molecule has 1 fully saturated rings. The lowest BCUT2D eigenvalue weighted by Gasteiger charge is -2.37. The maximum Gasteiger partial charge on any atom is 0.344 e. The molecule has 0 saturated carbocycles. The van der Waals surface area contributed by atoms with Gasteiger partial charge in [0, 0.05) is 6.54 Å². The fourth-order valence-electron chi connectivity index (χ4n) is 2.44. The van der Waals surface area contributed by atoms with Crippen LogP contribution in [0.2, 0.25) is 0 Å². The molecule has 1 aliphatic rings. The number of carboxylic acid groups (broad SMARTS) is 2. The van der Waals surface area contributed by atoms with Crippen molar-refractivity contribution in [3.8, 4) is 0 Å². The molecule has 7 nitrogen and oxygen atoms in total. The molecule has 118 valence electrons. The number of nitrogens with one attached hydrogen (secondary N) is 1. The number of amides is 1. The van der Waals surface area contributed by atoms with Gasteiger partial charge in [-0.3, -0.25) is 14.9 Å². The van der Waals surface area contributed by atoms with E-state index in [0.717, 1.165) is 11.0 Å². The number of hydrogen-bond acceptors (Lipinski definition) is 5. The van der Waals surface area contributed by atoms with Crippen LogP contribution in [0.5, 0.6) is 0 Å². The standard InChI is InChI=1S/C13H20N2O5S/c1-3-10(16)15-7-4-6-13(15,12(19)20)14-9(11(17)18)5-8-21-2/h3,9,14H,1,4-8H2,2H3,(H,17,18)(H,19,20)/t9-,13+/m0/s1. The Balaban J connectivity index is 3.03. The Hall–Kier alpha value is -1.54. The van der Waals surface area contributed by atoms with E-state index < -0.39 is 29.6 Å². The number of carbonyl (C=O) groups excluding carboxylic acids is 1. The molecule has 1 heterocycles. The molecule has 3 N–H and O–H groups in total. The van der Waals surface area contributed by atoms with E-state index in [4.69, 9.17) is 0 Å². The summed E-state index contributed by atoms with van der Waals surface area (Å²) in [5.74, 6) is -2.31. The number of rotatable bonds is 8. The molecule has 0 bridgehead atoms. The Kier molecular flexibility index (Phi) is 6.22. The van der Waals surface area contributed by atoms with Crippen molar-refractivity contribution in [1.82, 2.24) is 10.2 Å². The number of aliphatic carboxylic acids is 2. The second-order valence-electron chi connectivity index (χ2n) is 4.78. The van der Waals surface area contributed by atoms with Crippen molar-refractivity contribution in [2.24, 2.45) is 0 Å². The summed E-state index contributed by atoms with van der Waals surface area (Å²) in [6.45, 7) is 3.63. The van der Waals surface area contributed by atoms with Gasteiger partial charge in [-0.05, 0) is 37.3 Å². The first-order chi connectivity index (χ1) is 9.89. The molecule has 21 heavy (non-hydrogen) atoms. The van der Waals surface area contributed by atoms with Gasteiger partial charge in [0.2, 0.25) is 5.91 Å². The van der Waals surface area contributed by atoms with Crippen LogP contribution in [-0.4, -0.2) is 63.2 Å². The van der Waals surface area contributed by atoms with E-state index in [2.05, 4.69) is 11.9 Å². The van der Waals surface area contributed by atoms with Crippen LogP contribution in [-0.2, 0) is 14.4 Å². The average Bonchev–Trinajstić information content (AvgIpc) is 2.87. The first-order valence-corrected chi connectivity index (χ1v) is 7.95. The molecule has 0 radical (unpaired) electrons. The molecule has 0 aliphatic carbocycles. The summed E-state index contributed by atoms with van der Waals surface area (Å²) in [7, 11) is 0. The third kappa shape index (κ3) is 3.76. The van der Waals surface area contributed by atoms with Gasteiger partial charge in [-0.1, -0.05) is 6.58 Å². The van der Waals surface area contributed by atoms with Crippen LogP contribution >= 0.6 is 11.8 Å². The van der Waals surface area contributed by atoms with Gasteiger partial charge in [-0.15, -0.1) is 0 Å². The molecule has 1 amide bonds. The van der Waals surface area contributed by atoms with Crippen LogP contribution in [0.25, 0.3) is 0 Å². The minimum absolute atomic E-state index is 0.172. The molecule has 0 aromatic carbocycles. The van der Waals surface area contributed by atoms with Crippen molar-refractivity contribution in [3.63, 3.8) is 0 Å². The number of carbonyl (C=O) groups is 3. The van der Waals surface area contributed by atoms with Gasteiger partial charge in [-0.25, -0.2) is 4.79 Å². The van der Waals surface area contributed by atoms with Crippen LogP contribution in [0.1, 0.15) is 19.3 Å². The molecule has 0 aromatic rings. The van der Waals surface area contributed by atoms with E-state index in [1.54, 1.807) is 0 Å². The third-order valence-corrected chi connectivity index (χ3v) is 4.14. The smallest absolute Gasteiger partial charge is 0.344 e. The van der Waals surface area contributed by atoms with Gasteiger partial charge in [0.05, 0.1) is 0 Å². The topological polar surface area (TPSA) is 107 Å². The first kappa shape index (κ1) is 17.5. The lowest BCUT2D eigenvalue weighted by Crippen LogP contribution is -2.65. The number of thioether (sulfide) groups is 1. The summed E-state index contributed by atoms with van der Waals surface area (Å²) < 4.78 is 0. The van der Waals surface area contributed by atoms with E-state index in [0.29, 0.717) is 12.2 Å². The van der Waals surface area contributed by atoms with E-state index in [-0.39, 0.29) is 19.4 Å². The number of nitrogens with zero attached hydrogens (tertiary/aromatic N) is 1. The van der Waals surface area contributed by atoms with E-state index in [1.165, 1.54) is 11.8 Å². The second kappa shape index (κ2) is 7.46. The molecule has 1 saturated heterocycles. The molecule has 1 aliphatic heterocycles. The van der Waals surface area contributed by atoms with E-state index in [1.807, 2.05) is 6.26 Å². The van der Waals surface area contributed by atoms with Crippen LogP contribution < -0.4 is 5.32 Å². The zero-order valence-corrected chi connectivity index (χ0v) is 12.7. The fraction of sp³-hybridized carbons (Fsp3) is 0.615. The van der Waals surface area contributed by atoms with Crippen molar-refractivity contribution in [1.29, 1.82) is 0 Å². The molecule has 0 aromatic heterocycles. The summed E-state index contributed by atoms with van der Waals surface area (Å²) >= 11 is 1.48. The van der Waals surface area contributed by atoms with Crippen LogP contribution in [0.4, 0.5) is 0 Å². The van der Waals surface area contributed by atoms with Crippen molar-refractivity contribution >= 4 is 29.6 Å². The lowest BCUT2D eigenvalue weighted by atomic mass is 10.0. The van der Waals surface area contributed by atoms with Crippen molar-refractivity contribution in [3.05, 3.63) is 12.7 Å². The first-order valence-electron chi connectivity index (χ1n) is 6.56. The molecular formula is C13H20N2O5S. The molecule has 0 unspecified atom stereocenters. The van der Waals surface area contributed by atoms with Crippen LogP contribution in [0, 0.1) is 0 Å². The monoisotopic (exact) mass is 316 g/mol. The van der Waals surface area contributed by atoms with Crippen molar-refractivity contribution in [2.75, 3.05) is 18.6 Å². The summed E-state index contributed by atoms with van der Waals surface area (Å²) in [4.78, 5) is 36.0. The normalized spacial score (nSPS) is 22.8. The van der Waals surface area contributed by atoms with Gasteiger partial charge in [0.1, 0.15) is 6.04 Å². The van der Waals surface area contributed by atoms with Crippen LogP contribution in [0.15, 0.2) is 12.7 Å². The fourth-order valence-corrected chi connectivity index (χ4v) is 2.91. The number of carboxylic acids is 2. The highest BCUT2D eigenvalue weighted by molar-refractivity contribution is 7.98. The van der Waals surface area contributed by atoms with Crippen molar-refractivity contribution < 1.29 is 24.6 Å². The van der Waals surface area contributed by atoms with Gasteiger partial charge in [0.25, 0.3) is 0 Å². The Morgan fingerprint density at radius 2 is 2.14 bits per heavy atom. The lowest BCUT2D eigenvalue weighted by molar-refractivity contribution is -0.159. The predicted octanol–water partition coefficient (Wildman–Crippen LogP) is 0.372. The largest absolute Gasteiger partial charge is 0.480 e. The summed E-state index contributed by atoms with van der Waals surface area (Å²) in [6, 6.07) is -1.02. The highest BCUT2D eigenvalue weighted by atomic mass is 32.2. The second-order valence-corrected chi connectivity index (χ2v) is 5.77. The summed E-state index contributed by atoms with van der Waals surface area (Å²) in [5, 5.41) is 21.5. The molecule has 8 heteroatoms. The van der Waals surface area contributed by atoms with Gasteiger partial charge < -0.3 is 15.1 Å². The average molecular weight is 316 g/mol.